The summed E-state index contributed by atoms with van der Waals surface area (Å²) in [6, 6.07) is 19.5. The van der Waals surface area contributed by atoms with Gasteiger partial charge in [-0.1, -0.05) is 37.3 Å². The maximum atomic E-state index is 5.95. The van der Waals surface area contributed by atoms with Crippen molar-refractivity contribution in [2.24, 2.45) is 0 Å². The first-order valence-electron chi connectivity index (χ1n) is 9.76. The minimum absolute atomic E-state index is 0.434. The Kier molecular flexibility index (Phi) is 6.73. The lowest BCUT2D eigenvalue weighted by Gasteiger charge is -2.41. The normalized spacial score (nSPS) is 16.5. The molecule has 138 valence electrons. The first kappa shape index (κ1) is 18.5. The molecule has 1 unspecified atom stereocenters. The van der Waals surface area contributed by atoms with Gasteiger partial charge < -0.3 is 15.0 Å². The smallest absolute Gasteiger partial charge is 0.127 e. The zero-order valence-corrected chi connectivity index (χ0v) is 15.9. The van der Waals surface area contributed by atoms with Gasteiger partial charge in [0, 0.05) is 17.8 Å². The van der Waals surface area contributed by atoms with E-state index in [9.17, 15) is 0 Å². The Hall–Kier alpha value is -2.26. The van der Waals surface area contributed by atoms with E-state index in [1.807, 2.05) is 30.3 Å². The number of piperidine rings is 1. The predicted octanol–water partition coefficient (Wildman–Crippen LogP) is 5.39. The van der Waals surface area contributed by atoms with E-state index in [2.05, 4.69) is 60.5 Å². The number of hydrogen-bond acceptors (Lipinski definition) is 3. The third-order valence-electron chi connectivity index (χ3n) is 5.01. The minimum Gasteiger partial charge on any atom is -0.457 e. The lowest BCUT2D eigenvalue weighted by molar-refractivity contribution is 0.412. The maximum absolute atomic E-state index is 5.95. The highest BCUT2D eigenvalue weighted by Gasteiger charge is 2.25. The number of benzene rings is 2. The van der Waals surface area contributed by atoms with Gasteiger partial charge in [0.15, 0.2) is 0 Å². The number of ether oxygens (including phenoxy) is 1. The van der Waals surface area contributed by atoms with Crippen molar-refractivity contribution in [2.75, 3.05) is 18.0 Å². The minimum atomic E-state index is 0.434. The van der Waals surface area contributed by atoms with Gasteiger partial charge in [0.2, 0.25) is 0 Å². The molecule has 0 aromatic heterocycles. The number of hydrogen-bond donors (Lipinski definition) is 1. The fourth-order valence-electron chi connectivity index (χ4n) is 3.72. The van der Waals surface area contributed by atoms with Crippen LogP contribution in [0.4, 0.5) is 5.69 Å². The van der Waals surface area contributed by atoms with Gasteiger partial charge in [-0.05, 0) is 75.7 Å². The Morgan fingerprint density at radius 3 is 2.31 bits per heavy atom. The molecule has 3 heteroatoms. The van der Waals surface area contributed by atoms with Gasteiger partial charge in [0.05, 0.1) is 0 Å². The van der Waals surface area contributed by atoms with Crippen LogP contribution in [0.1, 0.15) is 33.1 Å². The average molecular weight is 351 g/mol. The Balaban J connectivity index is 1.81. The van der Waals surface area contributed by atoms with Crippen molar-refractivity contribution in [2.45, 2.75) is 45.2 Å². The van der Waals surface area contributed by atoms with Crippen molar-refractivity contribution >= 4 is 5.69 Å². The summed E-state index contributed by atoms with van der Waals surface area (Å²) < 4.78 is 5.95. The van der Waals surface area contributed by atoms with Gasteiger partial charge in [-0.2, -0.15) is 0 Å². The molecule has 1 N–H and O–H groups in total. The highest BCUT2D eigenvalue weighted by atomic mass is 16.5. The third-order valence-corrected chi connectivity index (χ3v) is 5.01. The van der Waals surface area contributed by atoms with Crippen LogP contribution in [-0.2, 0) is 0 Å². The molecule has 26 heavy (non-hydrogen) atoms. The number of para-hydroxylation sites is 1. The molecular weight excluding hydrogens is 320 g/mol. The van der Waals surface area contributed by atoms with Crippen LogP contribution in [0.5, 0.6) is 11.5 Å². The summed E-state index contributed by atoms with van der Waals surface area (Å²) in [4.78, 5) is 2.60. The van der Waals surface area contributed by atoms with Crippen molar-refractivity contribution < 1.29 is 4.74 Å². The molecule has 1 heterocycles. The Bertz CT molecular complexity index is 675. The lowest BCUT2D eigenvalue weighted by atomic mass is 9.99. The summed E-state index contributed by atoms with van der Waals surface area (Å²) in [6.45, 7) is 6.58. The Morgan fingerprint density at radius 1 is 1.04 bits per heavy atom. The number of nitrogens with zero attached hydrogens (tertiary/aromatic N) is 1. The number of nitrogens with one attached hydrogen (secondary N) is 1. The van der Waals surface area contributed by atoms with E-state index in [0.717, 1.165) is 31.0 Å². The summed E-state index contributed by atoms with van der Waals surface area (Å²) in [7, 11) is 0. The van der Waals surface area contributed by atoms with Crippen molar-refractivity contribution in [3.05, 3.63) is 66.7 Å². The van der Waals surface area contributed by atoms with Crippen LogP contribution >= 0.6 is 0 Å². The van der Waals surface area contributed by atoms with Crippen molar-refractivity contribution in [1.82, 2.24) is 5.32 Å². The molecule has 0 saturated carbocycles. The molecule has 1 fully saturated rings. The molecule has 0 amide bonds. The molecular formula is C23H30N2O. The van der Waals surface area contributed by atoms with E-state index in [4.69, 9.17) is 4.74 Å². The number of allylic oxidation sites excluding steroid dienone is 1. The lowest BCUT2D eigenvalue weighted by Crippen LogP contribution is -2.47. The SMILES string of the molecule is C/C=C\C(CC)N(c1ccc(Oc2ccccc2)cc1)C1CCNCC1. The first-order valence-corrected chi connectivity index (χ1v) is 9.76. The molecule has 2 aromatic rings. The molecule has 3 rings (SSSR count). The van der Waals surface area contributed by atoms with Gasteiger partial charge in [0.25, 0.3) is 0 Å². The highest BCUT2D eigenvalue weighted by molar-refractivity contribution is 5.52. The second-order valence-corrected chi connectivity index (χ2v) is 6.80. The fraction of sp³-hybridized carbons (Fsp3) is 0.391. The van der Waals surface area contributed by atoms with E-state index < -0.39 is 0 Å². The maximum Gasteiger partial charge on any atom is 0.127 e. The molecule has 1 saturated heterocycles. The standard InChI is InChI=1S/C23H30N2O/c1-3-8-19(4-2)25(21-15-17-24-18-16-21)20-11-13-23(14-12-20)26-22-9-6-5-7-10-22/h3,5-14,19,21,24H,4,15-18H2,1-2H3/b8-3-. The summed E-state index contributed by atoms with van der Waals surface area (Å²) in [6.07, 6.45) is 7.99. The van der Waals surface area contributed by atoms with Crippen LogP contribution in [0.25, 0.3) is 0 Å². The summed E-state index contributed by atoms with van der Waals surface area (Å²) in [5, 5.41) is 3.48. The second-order valence-electron chi connectivity index (χ2n) is 6.80. The zero-order valence-electron chi connectivity index (χ0n) is 15.9. The number of anilines is 1. The van der Waals surface area contributed by atoms with E-state index in [0.29, 0.717) is 12.1 Å². The molecule has 0 radical (unpaired) electrons. The molecule has 0 spiro atoms. The summed E-state index contributed by atoms with van der Waals surface area (Å²) >= 11 is 0. The topological polar surface area (TPSA) is 24.5 Å². The summed E-state index contributed by atoms with van der Waals surface area (Å²) in [5.74, 6) is 1.75. The van der Waals surface area contributed by atoms with Gasteiger partial charge >= 0.3 is 0 Å². The molecule has 0 aliphatic carbocycles. The Labute approximate surface area is 157 Å². The van der Waals surface area contributed by atoms with Crippen molar-refractivity contribution in [3.63, 3.8) is 0 Å². The van der Waals surface area contributed by atoms with Crippen LogP contribution < -0.4 is 15.0 Å². The summed E-state index contributed by atoms with van der Waals surface area (Å²) in [5.41, 5.74) is 1.28. The van der Waals surface area contributed by atoms with Crippen LogP contribution in [0, 0.1) is 0 Å². The van der Waals surface area contributed by atoms with Gasteiger partial charge in [0.1, 0.15) is 11.5 Å². The quantitative estimate of drug-likeness (QED) is 0.677. The molecule has 0 bridgehead atoms. The van der Waals surface area contributed by atoms with Crippen LogP contribution in [0.2, 0.25) is 0 Å². The van der Waals surface area contributed by atoms with Gasteiger partial charge in [-0.3, -0.25) is 0 Å². The zero-order chi connectivity index (χ0) is 18.2. The van der Waals surface area contributed by atoms with E-state index in [1.54, 1.807) is 0 Å². The monoisotopic (exact) mass is 350 g/mol. The van der Waals surface area contributed by atoms with Crippen molar-refractivity contribution in [3.8, 4) is 11.5 Å². The van der Waals surface area contributed by atoms with Crippen LogP contribution in [0.3, 0.4) is 0 Å². The van der Waals surface area contributed by atoms with Crippen molar-refractivity contribution in [1.29, 1.82) is 0 Å². The largest absolute Gasteiger partial charge is 0.457 e. The Morgan fingerprint density at radius 2 is 1.69 bits per heavy atom. The highest BCUT2D eigenvalue weighted by Crippen LogP contribution is 2.29. The predicted molar refractivity (Wildman–Crippen MR) is 110 cm³/mol. The third kappa shape index (κ3) is 4.67. The van der Waals surface area contributed by atoms with E-state index in [1.165, 1.54) is 18.5 Å². The van der Waals surface area contributed by atoms with E-state index in [-0.39, 0.29) is 0 Å². The first-order chi connectivity index (χ1) is 12.8. The van der Waals surface area contributed by atoms with Gasteiger partial charge in [-0.15, -0.1) is 0 Å². The van der Waals surface area contributed by atoms with E-state index >= 15 is 0 Å². The van der Waals surface area contributed by atoms with Crippen LogP contribution in [0.15, 0.2) is 66.7 Å². The molecule has 1 atom stereocenters. The fourth-order valence-corrected chi connectivity index (χ4v) is 3.72. The molecule has 1 aliphatic rings. The number of rotatable bonds is 7. The molecule has 3 nitrogen and oxygen atoms in total. The average Bonchev–Trinajstić information content (AvgIpc) is 2.70. The second kappa shape index (κ2) is 9.44. The van der Waals surface area contributed by atoms with Gasteiger partial charge in [-0.25, -0.2) is 0 Å². The molecule has 1 aliphatic heterocycles. The van der Waals surface area contributed by atoms with Crippen LogP contribution in [-0.4, -0.2) is 25.2 Å². The molecule has 2 aromatic carbocycles.